The molecule has 8 aromatic rings. The highest BCUT2D eigenvalue weighted by atomic mass is 32.2. The highest BCUT2D eigenvalue weighted by molar-refractivity contribution is 7.90. The summed E-state index contributed by atoms with van der Waals surface area (Å²) in [6.45, 7) is 13.8. The summed E-state index contributed by atoms with van der Waals surface area (Å²) in [6, 6.07) is 28.4. The average Bonchev–Trinajstić information content (AvgIpc) is 1.04. The topological polar surface area (TPSA) is 325 Å². The number of halogens is 4. The second-order valence-corrected chi connectivity index (χ2v) is 30.4. The second-order valence-electron chi connectivity index (χ2n) is 21.9. The van der Waals surface area contributed by atoms with E-state index in [1.54, 1.807) is 181 Å². The highest BCUT2D eigenvalue weighted by Crippen LogP contribution is 2.26. The SMILES string of the molecule is COc1ccc(CNS(=O)(=O)[C@@H](C)[C@@H](C)c2ncc(F)cn2)cc1.COc1ccc(CNS(=O)(=O)[C@@H](C)[C@H](C)c2ncc(F)cn2)cc1.COc1ccc(CNS(=O)(=O)[C@H](C)[C@@H](C)c2ncc(F)cn2)cc1.COc1ccc(CNS(=O)(=O)[C@H](C)[C@H](C)c2ncc(F)cn2)cc1. The van der Waals surface area contributed by atoms with Gasteiger partial charge in [-0.1, -0.05) is 76.2 Å². The average molecular weight is 1410 g/mol. The molecule has 4 N–H and O–H groups in total. The van der Waals surface area contributed by atoms with Gasteiger partial charge in [0.1, 0.15) is 46.3 Å². The molecule has 4 heterocycles. The Balaban J connectivity index is 0.000000231. The predicted molar refractivity (Wildman–Crippen MR) is 354 cm³/mol. The Hall–Kier alpha value is -8.24. The molecule has 0 saturated heterocycles. The van der Waals surface area contributed by atoms with Crippen molar-refractivity contribution in [2.24, 2.45) is 0 Å². The molecule has 0 bridgehead atoms. The maximum atomic E-state index is 12.9. The van der Waals surface area contributed by atoms with E-state index >= 15 is 0 Å². The predicted octanol–water partition coefficient (Wildman–Crippen LogP) is 8.94. The van der Waals surface area contributed by atoms with Crippen LogP contribution in [-0.4, -0.2) is 123 Å². The Morgan fingerprint density at radius 3 is 0.573 bits per heavy atom. The van der Waals surface area contributed by atoms with Gasteiger partial charge in [-0.25, -0.2) is 110 Å². The number of aromatic nitrogens is 8. The normalized spacial score (nSPS) is 14.2. The number of hydrogen-bond acceptors (Lipinski definition) is 20. The van der Waals surface area contributed by atoms with Gasteiger partial charge < -0.3 is 18.9 Å². The van der Waals surface area contributed by atoms with E-state index in [0.717, 1.165) is 71.8 Å². The number of hydrogen-bond donors (Lipinski definition) is 4. The quantitative estimate of drug-likeness (QED) is 0.0332. The van der Waals surface area contributed by atoms with Crippen molar-refractivity contribution < 1.29 is 70.2 Å². The lowest BCUT2D eigenvalue weighted by atomic mass is 10.1. The van der Waals surface area contributed by atoms with E-state index in [-0.39, 0.29) is 26.2 Å². The summed E-state index contributed by atoms with van der Waals surface area (Å²) in [4.78, 5) is 30.9. The maximum absolute atomic E-state index is 12.9. The van der Waals surface area contributed by atoms with E-state index in [0.29, 0.717) is 46.3 Å². The van der Waals surface area contributed by atoms with Crippen LogP contribution in [0.1, 0.15) is 125 Å². The van der Waals surface area contributed by atoms with Gasteiger partial charge in [0, 0.05) is 49.9 Å². The zero-order chi connectivity index (χ0) is 71.0. The van der Waals surface area contributed by atoms with Gasteiger partial charge in [-0.2, -0.15) is 0 Å². The molecule has 0 aliphatic rings. The van der Waals surface area contributed by atoms with Gasteiger partial charge in [0.25, 0.3) is 0 Å². The van der Waals surface area contributed by atoms with Crippen molar-refractivity contribution in [3.05, 3.63) is 215 Å². The molecular formula is C64H80F4N12O12S4. The molecule has 24 nitrogen and oxygen atoms in total. The van der Waals surface area contributed by atoms with Gasteiger partial charge in [0.2, 0.25) is 40.1 Å². The lowest BCUT2D eigenvalue weighted by Gasteiger charge is -2.19. The summed E-state index contributed by atoms with van der Waals surface area (Å²) >= 11 is 0. The lowest BCUT2D eigenvalue weighted by molar-refractivity contribution is 0.414. The smallest absolute Gasteiger partial charge is 0.215 e. The van der Waals surface area contributed by atoms with Crippen molar-refractivity contribution in [2.45, 2.75) is 126 Å². The first-order valence-corrected chi connectivity index (χ1v) is 35.9. The van der Waals surface area contributed by atoms with Crippen molar-refractivity contribution in [1.82, 2.24) is 58.8 Å². The van der Waals surface area contributed by atoms with Crippen molar-refractivity contribution in [1.29, 1.82) is 0 Å². The van der Waals surface area contributed by atoms with E-state index in [4.69, 9.17) is 18.9 Å². The number of rotatable bonds is 28. The Labute approximate surface area is 559 Å². The third-order valence-corrected chi connectivity index (χ3v) is 23.2. The van der Waals surface area contributed by atoms with E-state index in [1.807, 2.05) is 0 Å². The number of nitrogens with one attached hydrogen (secondary N) is 4. The standard InChI is InChI=1S/4C16H20FN3O3S/c4*1-11(16-18-9-14(17)10-19-16)12(2)24(21,22)20-8-13-4-6-15(23-3)7-5-13/h4*4-7,9-12,20H,8H2,1-3H3/t2*11-,12+;2*11-,12-/m1010/s1. The minimum atomic E-state index is -3.59. The van der Waals surface area contributed by atoms with Gasteiger partial charge in [0.05, 0.1) is 99.0 Å². The molecule has 0 fully saturated rings. The largest absolute Gasteiger partial charge is 0.497 e. The molecule has 0 unspecified atom stereocenters. The molecule has 96 heavy (non-hydrogen) atoms. The first-order valence-electron chi connectivity index (χ1n) is 29.7. The minimum Gasteiger partial charge on any atom is -0.497 e. The number of benzene rings is 4. The van der Waals surface area contributed by atoms with Crippen LogP contribution in [0.25, 0.3) is 0 Å². The van der Waals surface area contributed by atoms with Crippen molar-refractivity contribution in [2.75, 3.05) is 28.4 Å². The first-order chi connectivity index (χ1) is 45.3. The van der Waals surface area contributed by atoms with Crippen LogP contribution in [0, 0.1) is 23.3 Å². The molecule has 0 radical (unpaired) electrons. The van der Waals surface area contributed by atoms with Crippen LogP contribution in [-0.2, 0) is 66.3 Å². The van der Waals surface area contributed by atoms with Crippen LogP contribution in [0.2, 0.25) is 0 Å². The van der Waals surface area contributed by atoms with Crippen LogP contribution < -0.4 is 37.8 Å². The monoisotopic (exact) mass is 1410 g/mol. The Kier molecular flexibility index (Phi) is 30.0. The maximum Gasteiger partial charge on any atom is 0.215 e. The van der Waals surface area contributed by atoms with Crippen LogP contribution in [0.5, 0.6) is 23.0 Å². The fraction of sp³-hybridized carbons (Fsp3) is 0.375. The van der Waals surface area contributed by atoms with Gasteiger partial charge in [-0.05, 0) is 98.5 Å². The molecule has 8 rings (SSSR count). The summed E-state index contributed by atoms with van der Waals surface area (Å²) in [7, 11) is -8.08. The zero-order valence-electron chi connectivity index (χ0n) is 54.9. The van der Waals surface area contributed by atoms with E-state index in [2.05, 4.69) is 58.8 Å². The molecule has 4 aromatic heterocycles. The van der Waals surface area contributed by atoms with Crippen LogP contribution in [0.3, 0.4) is 0 Å². The van der Waals surface area contributed by atoms with Crippen LogP contribution in [0.4, 0.5) is 17.6 Å². The molecule has 0 amide bonds. The van der Waals surface area contributed by atoms with Gasteiger partial charge in [0.15, 0.2) is 23.3 Å². The fourth-order valence-corrected chi connectivity index (χ4v) is 13.5. The summed E-state index contributed by atoms with van der Waals surface area (Å²) in [5.74, 6) is -0.134. The number of nitrogens with zero attached hydrogens (tertiary/aromatic N) is 8. The third-order valence-electron chi connectivity index (χ3n) is 15.5. The summed E-state index contributed by atoms with van der Waals surface area (Å²) < 4.78 is 182. The minimum absolute atomic E-state index is 0.174. The molecule has 0 aliphatic heterocycles. The number of sulfonamides is 4. The van der Waals surface area contributed by atoms with Crippen molar-refractivity contribution in [3.8, 4) is 23.0 Å². The highest BCUT2D eigenvalue weighted by Gasteiger charge is 2.33. The molecule has 8 atom stereocenters. The third kappa shape index (κ3) is 24.1. The van der Waals surface area contributed by atoms with Crippen LogP contribution in [0.15, 0.2) is 147 Å². The molecular weight excluding hydrogens is 1330 g/mol. The Morgan fingerprint density at radius 2 is 0.438 bits per heavy atom. The molecule has 32 heteroatoms. The molecule has 0 aliphatic carbocycles. The second kappa shape index (κ2) is 36.8. The van der Waals surface area contributed by atoms with E-state index in [9.17, 15) is 51.2 Å². The first kappa shape index (κ1) is 78.5. The van der Waals surface area contributed by atoms with E-state index in [1.165, 1.54) is 0 Å². The van der Waals surface area contributed by atoms with Crippen molar-refractivity contribution in [3.63, 3.8) is 0 Å². The van der Waals surface area contributed by atoms with E-state index < -0.39 is 108 Å². The molecule has 0 saturated carbocycles. The Bertz CT molecular complexity index is 3600. The number of ether oxygens (including phenoxy) is 4. The Morgan fingerprint density at radius 1 is 0.292 bits per heavy atom. The van der Waals surface area contributed by atoms with Crippen LogP contribution >= 0.6 is 0 Å². The summed E-state index contributed by atoms with van der Waals surface area (Å²) in [6.07, 6.45) is 8.25. The van der Waals surface area contributed by atoms with Gasteiger partial charge in [-0.3, -0.25) is 0 Å². The zero-order valence-corrected chi connectivity index (χ0v) is 58.2. The fourth-order valence-electron chi connectivity index (χ4n) is 8.38. The number of methoxy groups -OCH3 is 4. The van der Waals surface area contributed by atoms with Gasteiger partial charge in [-0.15, -0.1) is 0 Å². The van der Waals surface area contributed by atoms with Gasteiger partial charge >= 0.3 is 0 Å². The lowest BCUT2D eigenvalue weighted by Crippen LogP contribution is -2.35. The summed E-state index contributed by atoms with van der Waals surface area (Å²) in [5.41, 5.74) is 3.27. The summed E-state index contributed by atoms with van der Waals surface area (Å²) in [5, 5.41) is -3.05. The molecule has 0 spiro atoms. The molecule has 4 aromatic carbocycles. The molecule has 520 valence electrons. The van der Waals surface area contributed by atoms with Crippen molar-refractivity contribution >= 4 is 40.1 Å².